The zero-order chi connectivity index (χ0) is 17.2. The molecule has 1 saturated heterocycles. The van der Waals surface area contributed by atoms with Crippen molar-refractivity contribution in [3.8, 4) is 0 Å². The summed E-state index contributed by atoms with van der Waals surface area (Å²) in [6.45, 7) is 2.33. The zero-order valence-electron chi connectivity index (χ0n) is 13.8. The van der Waals surface area contributed by atoms with Gasteiger partial charge >= 0.3 is 0 Å². The number of amides is 1. The van der Waals surface area contributed by atoms with Crippen LogP contribution >= 0.6 is 22.7 Å². The van der Waals surface area contributed by atoms with Crippen molar-refractivity contribution in [3.05, 3.63) is 41.3 Å². The first-order valence-corrected chi connectivity index (χ1v) is 10.1. The van der Waals surface area contributed by atoms with Crippen LogP contribution in [0.25, 0.3) is 9.53 Å². The molecule has 0 unspecified atom stereocenters. The lowest BCUT2D eigenvalue weighted by atomic mass is 9.97. The molecular formula is C18H20N4OS2. The first kappa shape index (κ1) is 16.5. The van der Waals surface area contributed by atoms with Gasteiger partial charge in [-0.3, -0.25) is 4.79 Å². The normalized spacial score (nSPS) is 15.6. The van der Waals surface area contributed by atoms with Crippen LogP contribution in [0.15, 0.2) is 36.4 Å². The highest BCUT2D eigenvalue weighted by Crippen LogP contribution is 2.35. The maximum absolute atomic E-state index is 12.7. The van der Waals surface area contributed by atoms with E-state index in [1.165, 1.54) is 11.3 Å². The number of likely N-dealkylation sites (tertiary alicyclic amines) is 1. The molecule has 5 nitrogen and oxygen atoms in total. The standard InChI is InChI=1S/C18H20N4OS2/c19-11-12-6-8-22(9-7-12)17(23)15-10-14-16(24-15)21-18(25-14)20-13-4-2-1-3-5-13/h1-5,10,12H,6-9,11,19H2,(H,20,21). The van der Waals surface area contributed by atoms with Gasteiger partial charge in [-0.25, -0.2) is 4.98 Å². The lowest BCUT2D eigenvalue weighted by molar-refractivity contribution is 0.0698. The van der Waals surface area contributed by atoms with E-state index in [0.29, 0.717) is 5.92 Å². The van der Waals surface area contributed by atoms with E-state index in [1.807, 2.05) is 41.3 Å². The van der Waals surface area contributed by atoms with Crippen molar-refractivity contribution in [1.29, 1.82) is 0 Å². The smallest absolute Gasteiger partial charge is 0.264 e. The third kappa shape index (κ3) is 3.53. The number of benzene rings is 1. The maximum Gasteiger partial charge on any atom is 0.264 e. The van der Waals surface area contributed by atoms with E-state index in [4.69, 9.17) is 5.73 Å². The Morgan fingerprint density at radius 2 is 2.00 bits per heavy atom. The Morgan fingerprint density at radius 3 is 2.68 bits per heavy atom. The average Bonchev–Trinajstić information content (AvgIpc) is 3.20. The summed E-state index contributed by atoms with van der Waals surface area (Å²) in [5.41, 5.74) is 6.74. The molecule has 0 atom stereocenters. The molecule has 3 N–H and O–H groups in total. The molecule has 0 spiro atoms. The van der Waals surface area contributed by atoms with E-state index in [1.54, 1.807) is 11.3 Å². The van der Waals surface area contributed by atoms with Gasteiger partial charge in [0.25, 0.3) is 5.91 Å². The number of rotatable bonds is 4. The Hall–Kier alpha value is -1.96. The number of carbonyl (C=O) groups is 1. The van der Waals surface area contributed by atoms with Gasteiger partial charge in [-0.05, 0) is 43.5 Å². The molecule has 7 heteroatoms. The van der Waals surface area contributed by atoms with Gasteiger partial charge in [0.15, 0.2) is 5.13 Å². The van der Waals surface area contributed by atoms with Gasteiger partial charge in [-0.1, -0.05) is 29.5 Å². The minimum absolute atomic E-state index is 0.128. The van der Waals surface area contributed by atoms with Crippen LogP contribution in [-0.4, -0.2) is 35.4 Å². The summed E-state index contributed by atoms with van der Waals surface area (Å²) in [5, 5.41) is 4.17. The number of hydrogen-bond donors (Lipinski definition) is 2. The summed E-state index contributed by atoms with van der Waals surface area (Å²) >= 11 is 3.06. The molecule has 1 aliphatic rings. The second kappa shape index (κ2) is 7.11. The zero-order valence-corrected chi connectivity index (χ0v) is 15.4. The monoisotopic (exact) mass is 372 g/mol. The number of nitrogens with zero attached hydrogens (tertiary/aromatic N) is 2. The number of piperidine rings is 1. The quantitative estimate of drug-likeness (QED) is 0.728. The van der Waals surface area contributed by atoms with Crippen LogP contribution in [0.4, 0.5) is 10.8 Å². The SMILES string of the molecule is NCC1CCN(C(=O)c2cc3sc(Nc4ccccc4)nc3s2)CC1. The van der Waals surface area contributed by atoms with Crippen molar-refractivity contribution < 1.29 is 4.79 Å². The minimum atomic E-state index is 0.128. The van der Waals surface area contributed by atoms with Crippen molar-refractivity contribution in [2.75, 3.05) is 25.0 Å². The number of hydrogen-bond acceptors (Lipinski definition) is 6. The fraction of sp³-hybridized carbons (Fsp3) is 0.333. The van der Waals surface area contributed by atoms with Crippen molar-refractivity contribution >= 4 is 48.9 Å². The van der Waals surface area contributed by atoms with Crippen molar-refractivity contribution in [2.45, 2.75) is 12.8 Å². The first-order valence-electron chi connectivity index (χ1n) is 8.44. The summed E-state index contributed by atoms with van der Waals surface area (Å²) in [5.74, 6) is 0.687. The minimum Gasteiger partial charge on any atom is -0.338 e. The molecule has 1 fully saturated rings. The number of para-hydroxylation sites is 1. The lowest BCUT2D eigenvalue weighted by Crippen LogP contribution is -2.39. The van der Waals surface area contributed by atoms with Crippen LogP contribution in [0, 0.1) is 5.92 Å². The van der Waals surface area contributed by atoms with E-state index in [-0.39, 0.29) is 5.91 Å². The molecule has 0 radical (unpaired) electrons. The third-order valence-electron chi connectivity index (χ3n) is 4.56. The number of nitrogens with one attached hydrogen (secondary N) is 1. The van der Waals surface area contributed by atoms with Gasteiger partial charge < -0.3 is 16.0 Å². The number of thiophene rings is 1. The molecule has 0 saturated carbocycles. The van der Waals surface area contributed by atoms with E-state index < -0.39 is 0 Å². The van der Waals surface area contributed by atoms with E-state index in [0.717, 1.165) is 57.7 Å². The third-order valence-corrected chi connectivity index (χ3v) is 6.62. The fourth-order valence-electron chi connectivity index (χ4n) is 3.07. The Morgan fingerprint density at radius 1 is 1.24 bits per heavy atom. The Labute approximate surface area is 154 Å². The molecule has 0 aliphatic carbocycles. The first-order chi connectivity index (χ1) is 12.2. The summed E-state index contributed by atoms with van der Waals surface area (Å²) < 4.78 is 1.06. The number of nitrogens with two attached hydrogens (primary N) is 1. The molecular weight excluding hydrogens is 352 g/mol. The van der Waals surface area contributed by atoms with E-state index in [2.05, 4.69) is 10.3 Å². The number of carbonyl (C=O) groups excluding carboxylic acids is 1. The van der Waals surface area contributed by atoms with Crippen molar-refractivity contribution in [1.82, 2.24) is 9.88 Å². The second-order valence-corrected chi connectivity index (χ2v) is 8.32. The predicted molar refractivity (Wildman–Crippen MR) is 105 cm³/mol. The van der Waals surface area contributed by atoms with Crippen LogP contribution < -0.4 is 11.1 Å². The number of aromatic nitrogens is 1. The molecule has 1 aromatic carbocycles. The Kier molecular flexibility index (Phi) is 4.70. The summed E-state index contributed by atoms with van der Waals surface area (Å²) in [6.07, 6.45) is 2.01. The molecule has 1 aliphatic heterocycles. The highest BCUT2D eigenvalue weighted by molar-refractivity contribution is 7.29. The summed E-state index contributed by atoms with van der Waals surface area (Å²) in [4.78, 5) is 21.0. The molecule has 4 rings (SSSR count). The predicted octanol–water partition coefficient (Wildman–Crippen LogP) is 3.91. The lowest BCUT2D eigenvalue weighted by Gasteiger charge is -2.31. The summed E-state index contributed by atoms with van der Waals surface area (Å²) in [6, 6.07) is 12.0. The Balaban J connectivity index is 1.47. The Bertz CT molecular complexity index is 834. The van der Waals surface area contributed by atoms with Crippen LogP contribution in [0.1, 0.15) is 22.5 Å². The second-order valence-electron chi connectivity index (χ2n) is 6.26. The molecule has 25 heavy (non-hydrogen) atoms. The van der Waals surface area contributed by atoms with Gasteiger partial charge in [0.1, 0.15) is 4.83 Å². The number of anilines is 2. The average molecular weight is 373 g/mol. The van der Waals surface area contributed by atoms with Crippen LogP contribution in [-0.2, 0) is 0 Å². The van der Waals surface area contributed by atoms with Crippen LogP contribution in [0.2, 0.25) is 0 Å². The highest BCUT2D eigenvalue weighted by atomic mass is 32.1. The molecule has 2 aromatic heterocycles. The van der Waals surface area contributed by atoms with Crippen LogP contribution in [0.5, 0.6) is 0 Å². The van der Waals surface area contributed by atoms with Crippen molar-refractivity contribution in [2.24, 2.45) is 11.7 Å². The van der Waals surface area contributed by atoms with Gasteiger partial charge in [0.05, 0.1) is 9.58 Å². The summed E-state index contributed by atoms with van der Waals surface area (Å²) in [7, 11) is 0. The molecule has 3 heterocycles. The molecule has 130 valence electrons. The van der Waals surface area contributed by atoms with E-state index in [9.17, 15) is 4.79 Å². The van der Waals surface area contributed by atoms with Gasteiger partial charge in [0.2, 0.25) is 0 Å². The number of fused-ring (bicyclic) bond motifs is 1. The van der Waals surface area contributed by atoms with Crippen LogP contribution in [0.3, 0.4) is 0 Å². The van der Waals surface area contributed by atoms with Crippen molar-refractivity contribution in [3.63, 3.8) is 0 Å². The van der Waals surface area contributed by atoms with Gasteiger partial charge in [-0.2, -0.15) is 0 Å². The number of thiazole rings is 1. The molecule has 0 bridgehead atoms. The molecule has 1 amide bonds. The largest absolute Gasteiger partial charge is 0.338 e. The fourth-order valence-corrected chi connectivity index (χ4v) is 5.17. The highest BCUT2D eigenvalue weighted by Gasteiger charge is 2.24. The van der Waals surface area contributed by atoms with E-state index >= 15 is 0 Å². The topological polar surface area (TPSA) is 71.2 Å². The molecule has 3 aromatic rings. The van der Waals surface area contributed by atoms with Gasteiger partial charge in [-0.15, -0.1) is 11.3 Å². The maximum atomic E-state index is 12.7. The van der Waals surface area contributed by atoms with Gasteiger partial charge in [0, 0.05) is 18.8 Å².